The van der Waals surface area contributed by atoms with E-state index in [1.54, 1.807) is 0 Å². The molecule has 1 saturated heterocycles. The molecule has 130 valence electrons. The van der Waals surface area contributed by atoms with Crippen molar-refractivity contribution in [3.8, 4) is 0 Å². The summed E-state index contributed by atoms with van der Waals surface area (Å²) in [6.45, 7) is 11.5. The van der Waals surface area contributed by atoms with E-state index in [1.165, 1.54) is 11.5 Å². The third kappa shape index (κ3) is 5.04. The van der Waals surface area contributed by atoms with E-state index < -0.39 is 0 Å². The number of aryl methyl sites for hydroxylation is 1. The van der Waals surface area contributed by atoms with Crippen LogP contribution in [-0.4, -0.2) is 71.2 Å². The van der Waals surface area contributed by atoms with Crippen LogP contribution in [0.5, 0.6) is 0 Å². The van der Waals surface area contributed by atoms with Gasteiger partial charge in [0.15, 0.2) is 5.96 Å². The van der Waals surface area contributed by atoms with Crippen molar-refractivity contribution in [3.05, 3.63) is 5.82 Å². The van der Waals surface area contributed by atoms with Crippen molar-refractivity contribution in [2.75, 3.05) is 50.8 Å². The first-order valence-corrected chi connectivity index (χ1v) is 9.16. The van der Waals surface area contributed by atoms with Gasteiger partial charge in [-0.15, -0.1) is 0 Å². The summed E-state index contributed by atoms with van der Waals surface area (Å²) in [5, 5.41) is 13.5. The molecule has 0 aromatic carbocycles. The second kappa shape index (κ2) is 9.02. The smallest absolute Gasteiger partial charge is 0.205 e. The fourth-order valence-electron chi connectivity index (χ4n) is 2.35. The third-order valence-corrected chi connectivity index (χ3v) is 4.64. The van der Waals surface area contributed by atoms with Crippen molar-refractivity contribution in [1.82, 2.24) is 19.6 Å². The summed E-state index contributed by atoms with van der Waals surface area (Å²) in [5.74, 6) is 2.07. The summed E-state index contributed by atoms with van der Waals surface area (Å²) < 4.78 is 4.37. The number of piperazine rings is 1. The van der Waals surface area contributed by atoms with E-state index in [1.807, 2.05) is 6.92 Å². The second-order valence-corrected chi connectivity index (χ2v) is 6.53. The maximum atomic E-state index is 9.15. The summed E-state index contributed by atoms with van der Waals surface area (Å²) in [7, 11) is 0. The number of nitrogens with one attached hydrogen (secondary N) is 1. The molecule has 1 atom stereocenters. The molecule has 0 amide bonds. The number of aliphatic hydroxyl groups is 1. The van der Waals surface area contributed by atoms with Gasteiger partial charge in [-0.3, -0.25) is 4.99 Å². The summed E-state index contributed by atoms with van der Waals surface area (Å²) in [5.41, 5.74) is 0. The standard InChI is InChI=1S/C15H28N6OS/c1-4-13-18-15(23-19-13)21-8-6-20(7-9-21)14(16-5-2)17-10-12(3)11-22/h12,22H,4-11H2,1-3H3,(H,16,17). The highest BCUT2D eigenvalue weighted by Gasteiger charge is 2.22. The average Bonchev–Trinajstić information content (AvgIpc) is 3.07. The van der Waals surface area contributed by atoms with Crippen molar-refractivity contribution in [3.63, 3.8) is 0 Å². The Balaban J connectivity index is 1.92. The number of aliphatic imine (C=N–C) groups is 1. The predicted octanol–water partition coefficient (Wildman–Crippen LogP) is 0.816. The minimum absolute atomic E-state index is 0.174. The number of guanidine groups is 1. The number of aliphatic hydroxyl groups excluding tert-OH is 1. The Hall–Kier alpha value is -1.41. The van der Waals surface area contributed by atoms with E-state index in [0.29, 0.717) is 6.54 Å². The lowest BCUT2D eigenvalue weighted by atomic mass is 10.2. The first-order chi connectivity index (χ1) is 11.2. The van der Waals surface area contributed by atoms with E-state index in [0.717, 1.165) is 56.1 Å². The van der Waals surface area contributed by atoms with Crippen LogP contribution in [0.3, 0.4) is 0 Å². The van der Waals surface area contributed by atoms with Crippen molar-refractivity contribution in [2.45, 2.75) is 27.2 Å². The molecule has 2 rings (SSSR count). The minimum atomic E-state index is 0.174. The molecule has 1 aromatic heterocycles. The fourth-order valence-corrected chi connectivity index (χ4v) is 3.15. The van der Waals surface area contributed by atoms with Gasteiger partial charge < -0.3 is 20.2 Å². The Morgan fingerprint density at radius 1 is 1.35 bits per heavy atom. The largest absolute Gasteiger partial charge is 0.396 e. The van der Waals surface area contributed by atoms with E-state index in [2.05, 4.69) is 43.3 Å². The molecule has 23 heavy (non-hydrogen) atoms. The SMILES string of the molecule is CCNC(=NCC(C)CO)N1CCN(c2nc(CC)ns2)CC1. The van der Waals surface area contributed by atoms with E-state index in [4.69, 9.17) is 5.11 Å². The molecule has 1 unspecified atom stereocenters. The highest BCUT2D eigenvalue weighted by Crippen LogP contribution is 2.19. The number of hydrogen-bond donors (Lipinski definition) is 2. The molecule has 8 heteroatoms. The van der Waals surface area contributed by atoms with Crippen LogP contribution in [0.2, 0.25) is 0 Å². The molecule has 1 fully saturated rings. The molecule has 1 aliphatic rings. The van der Waals surface area contributed by atoms with Crippen LogP contribution >= 0.6 is 11.5 Å². The molecule has 0 radical (unpaired) electrons. The van der Waals surface area contributed by atoms with Crippen molar-refractivity contribution < 1.29 is 5.11 Å². The number of aromatic nitrogens is 2. The lowest BCUT2D eigenvalue weighted by Gasteiger charge is -2.36. The zero-order valence-corrected chi connectivity index (χ0v) is 15.1. The van der Waals surface area contributed by atoms with Gasteiger partial charge in [0.1, 0.15) is 5.82 Å². The predicted molar refractivity (Wildman–Crippen MR) is 95.3 cm³/mol. The highest BCUT2D eigenvalue weighted by atomic mass is 32.1. The molecule has 2 heterocycles. The van der Waals surface area contributed by atoms with Crippen LogP contribution in [0.4, 0.5) is 5.13 Å². The van der Waals surface area contributed by atoms with Crippen molar-refractivity contribution >= 4 is 22.6 Å². The third-order valence-electron chi connectivity index (χ3n) is 3.82. The normalized spacial score (nSPS) is 17.5. The molecule has 0 aliphatic carbocycles. The molecule has 1 aliphatic heterocycles. The monoisotopic (exact) mass is 340 g/mol. The zero-order chi connectivity index (χ0) is 16.7. The van der Waals surface area contributed by atoms with Crippen LogP contribution in [0.15, 0.2) is 4.99 Å². The first-order valence-electron chi connectivity index (χ1n) is 8.39. The summed E-state index contributed by atoms with van der Waals surface area (Å²) >= 11 is 1.49. The molecule has 0 bridgehead atoms. The average molecular weight is 340 g/mol. The van der Waals surface area contributed by atoms with Gasteiger partial charge in [-0.2, -0.15) is 4.37 Å². The van der Waals surface area contributed by atoms with Gasteiger partial charge >= 0.3 is 0 Å². The van der Waals surface area contributed by atoms with Crippen molar-refractivity contribution in [1.29, 1.82) is 0 Å². The van der Waals surface area contributed by atoms with Crippen molar-refractivity contribution in [2.24, 2.45) is 10.9 Å². The van der Waals surface area contributed by atoms with Crippen LogP contribution in [0.1, 0.15) is 26.6 Å². The van der Waals surface area contributed by atoms with Gasteiger partial charge in [0.25, 0.3) is 0 Å². The number of anilines is 1. The molecule has 7 nitrogen and oxygen atoms in total. The molecular formula is C15H28N6OS. The topological polar surface area (TPSA) is 76.9 Å². The lowest BCUT2D eigenvalue weighted by molar-refractivity contribution is 0.241. The van der Waals surface area contributed by atoms with E-state index in [-0.39, 0.29) is 12.5 Å². The molecule has 1 aromatic rings. The van der Waals surface area contributed by atoms with Gasteiger partial charge in [-0.25, -0.2) is 4.98 Å². The van der Waals surface area contributed by atoms with Gasteiger partial charge in [0.2, 0.25) is 5.13 Å². The van der Waals surface area contributed by atoms with Crippen LogP contribution < -0.4 is 10.2 Å². The molecule has 0 saturated carbocycles. The Morgan fingerprint density at radius 2 is 2.09 bits per heavy atom. The Bertz CT molecular complexity index is 498. The minimum Gasteiger partial charge on any atom is -0.396 e. The van der Waals surface area contributed by atoms with Crippen LogP contribution in [0, 0.1) is 5.92 Å². The van der Waals surface area contributed by atoms with E-state index in [9.17, 15) is 0 Å². The first kappa shape index (κ1) is 17.9. The summed E-state index contributed by atoms with van der Waals surface area (Å²) in [6.07, 6.45) is 0.886. The highest BCUT2D eigenvalue weighted by molar-refractivity contribution is 7.09. The van der Waals surface area contributed by atoms with Gasteiger partial charge in [0, 0.05) is 63.8 Å². The van der Waals surface area contributed by atoms with E-state index >= 15 is 0 Å². The number of rotatable bonds is 6. The maximum Gasteiger partial charge on any atom is 0.205 e. The van der Waals surface area contributed by atoms with Crippen LogP contribution in [0.25, 0.3) is 0 Å². The van der Waals surface area contributed by atoms with Gasteiger partial charge in [-0.1, -0.05) is 13.8 Å². The zero-order valence-electron chi connectivity index (χ0n) is 14.3. The Labute approximate surface area is 142 Å². The summed E-state index contributed by atoms with van der Waals surface area (Å²) in [4.78, 5) is 13.8. The van der Waals surface area contributed by atoms with Gasteiger partial charge in [-0.05, 0) is 12.8 Å². The number of hydrogen-bond acceptors (Lipinski definition) is 6. The maximum absolute atomic E-state index is 9.15. The fraction of sp³-hybridized carbons (Fsp3) is 0.800. The van der Waals surface area contributed by atoms with Crippen LogP contribution in [-0.2, 0) is 6.42 Å². The second-order valence-electron chi connectivity index (χ2n) is 5.80. The molecule has 2 N–H and O–H groups in total. The quantitative estimate of drug-likeness (QED) is 0.590. The van der Waals surface area contributed by atoms with Gasteiger partial charge in [0.05, 0.1) is 0 Å². The lowest BCUT2D eigenvalue weighted by Crippen LogP contribution is -2.52. The molecule has 0 spiro atoms. The summed E-state index contributed by atoms with van der Waals surface area (Å²) in [6, 6.07) is 0. The Kier molecular flexibility index (Phi) is 7.04. The Morgan fingerprint density at radius 3 is 2.65 bits per heavy atom. The number of nitrogens with zero attached hydrogens (tertiary/aromatic N) is 5. The molecular weight excluding hydrogens is 312 g/mol.